The molecule has 0 spiro atoms. The number of aromatic nitrogens is 2. The van der Waals surface area contributed by atoms with E-state index in [2.05, 4.69) is 10.4 Å². The van der Waals surface area contributed by atoms with Crippen molar-refractivity contribution in [3.05, 3.63) is 47.8 Å². The quantitative estimate of drug-likeness (QED) is 0.883. The molecule has 0 radical (unpaired) electrons. The summed E-state index contributed by atoms with van der Waals surface area (Å²) in [6, 6.07) is 3.79. The van der Waals surface area contributed by atoms with Gasteiger partial charge in [-0.05, 0) is 25.1 Å². The van der Waals surface area contributed by atoms with Crippen molar-refractivity contribution in [1.82, 2.24) is 9.78 Å². The Morgan fingerprint density at radius 3 is 2.80 bits per heavy atom. The highest BCUT2D eigenvalue weighted by Gasteiger charge is 2.18. The zero-order chi connectivity index (χ0) is 14.7. The fourth-order valence-corrected chi connectivity index (χ4v) is 1.83. The smallest absolute Gasteiger partial charge is 0.338 e. The van der Waals surface area contributed by atoms with Crippen molar-refractivity contribution in [3.63, 3.8) is 0 Å². The Morgan fingerprint density at radius 2 is 2.20 bits per heavy atom. The largest absolute Gasteiger partial charge is 0.478 e. The second-order valence-corrected chi connectivity index (χ2v) is 4.37. The molecule has 0 bridgehead atoms. The SMILES string of the molecule is CC(Cn1cccn1)Nc1ccc(C(=O)O)c(F)c1F. The normalized spacial score (nSPS) is 12.2. The van der Waals surface area contributed by atoms with Gasteiger partial charge in [0.15, 0.2) is 11.6 Å². The average molecular weight is 281 g/mol. The number of hydrogen-bond donors (Lipinski definition) is 2. The van der Waals surface area contributed by atoms with Crippen LogP contribution >= 0.6 is 0 Å². The van der Waals surface area contributed by atoms with Gasteiger partial charge in [0.05, 0.1) is 17.8 Å². The minimum atomic E-state index is -1.50. The van der Waals surface area contributed by atoms with Crippen molar-refractivity contribution in [2.24, 2.45) is 0 Å². The van der Waals surface area contributed by atoms with E-state index in [1.807, 2.05) is 0 Å². The van der Waals surface area contributed by atoms with Crippen LogP contribution in [0.25, 0.3) is 0 Å². The van der Waals surface area contributed by atoms with E-state index in [0.29, 0.717) is 6.54 Å². The molecular formula is C13H13F2N3O2. The van der Waals surface area contributed by atoms with Crippen LogP contribution in [0.3, 0.4) is 0 Å². The van der Waals surface area contributed by atoms with Gasteiger partial charge in [0.25, 0.3) is 0 Å². The average Bonchev–Trinajstić information content (AvgIpc) is 2.87. The maximum absolute atomic E-state index is 13.7. The molecule has 1 aromatic carbocycles. The fraction of sp³-hybridized carbons (Fsp3) is 0.231. The van der Waals surface area contributed by atoms with Gasteiger partial charge in [-0.3, -0.25) is 4.68 Å². The number of anilines is 1. The molecule has 2 N–H and O–H groups in total. The van der Waals surface area contributed by atoms with Gasteiger partial charge in [-0.2, -0.15) is 5.10 Å². The van der Waals surface area contributed by atoms with Gasteiger partial charge >= 0.3 is 5.97 Å². The summed E-state index contributed by atoms with van der Waals surface area (Å²) >= 11 is 0. The van der Waals surface area contributed by atoms with E-state index in [1.165, 1.54) is 6.07 Å². The van der Waals surface area contributed by atoms with Crippen molar-refractivity contribution in [2.45, 2.75) is 19.5 Å². The van der Waals surface area contributed by atoms with E-state index < -0.39 is 23.2 Å². The Labute approximate surface area is 113 Å². The Kier molecular flexibility index (Phi) is 3.97. The van der Waals surface area contributed by atoms with E-state index in [-0.39, 0.29) is 11.7 Å². The molecule has 0 saturated heterocycles. The third-order valence-electron chi connectivity index (χ3n) is 2.73. The third-order valence-corrected chi connectivity index (χ3v) is 2.73. The van der Waals surface area contributed by atoms with Crippen molar-refractivity contribution < 1.29 is 18.7 Å². The second-order valence-electron chi connectivity index (χ2n) is 4.37. The van der Waals surface area contributed by atoms with Crippen LogP contribution in [0.15, 0.2) is 30.6 Å². The van der Waals surface area contributed by atoms with E-state index in [9.17, 15) is 13.6 Å². The predicted molar refractivity (Wildman–Crippen MR) is 68.6 cm³/mol. The first-order chi connectivity index (χ1) is 9.49. The summed E-state index contributed by atoms with van der Waals surface area (Å²) in [5.74, 6) is -4.07. The van der Waals surface area contributed by atoms with Gasteiger partial charge < -0.3 is 10.4 Å². The number of halogens is 2. The van der Waals surface area contributed by atoms with Crippen molar-refractivity contribution in [1.29, 1.82) is 0 Å². The molecule has 0 fully saturated rings. The minimum absolute atomic E-state index is 0.0767. The molecule has 2 rings (SSSR count). The first-order valence-corrected chi connectivity index (χ1v) is 5.94. The van der Waals surface area contributed by atoms with Crippen LogP contribution in [-0.2, 0) is 6.54 Å². The predicted octanol–water partition coefficient (Wildman–Crippen LogP) is 2.36. The van der Waals surface area contributed by atoms with Gasteiger partial charge in [0.1, 0.15) is 0 Å². The number of hydrogen-bond acceptors (Lipinski definition) is 3. The van der Waals surface area contributed by atoms with Gasteiger partial charge in [0.2, 0.25) is 0 Å². The molecule has 20 heavy (non-hydrogen) atoms. The molecule has 5 nitrogen and oxygen atoms in total. The molecule has 0 aliphatic carbocycles. The lowest BCUT2D eigenvalue weighted by atomic mass is 10.1. The van der Waals surface area contributed by atoms with Crippen LogP contribution in [0.5, 0.6) is 0 Å². The molecule has 1 heterocycles. The summed E-state index contributed by atoms with van der Waals surface area (Å²) in [6.07, 6.45) is 3.37. The third kappa shape index (κ3) is 2.93. The van der Waals surface area contributed by atoms with Gasteiger partial charge in [-0.15, -0.1) is 0 Å². The molecular weight excluding hydrogens is 268 g/mol. The molecule has 1 aromatic heterocycles. The molecule has 7 heteroatoms. The number of aromatic carboxylic acids is 1. The summed E-state index contributed by atoms with van der Waals surface area (Å²) in [6.45, 7) is 2.25. The number of carbonyl (C=O) groups is 1. The zero-order valence-corrected chi connectivity index (χ0v) is 10.7. The van der Waals surface area contributed by atoms with E-state index in [1.54, 1.807) is 30.1 Å². The minimum Gasteiger partial charge on any atom is -0.478 e. The van der Waals surface area contributed by atoms with Crippen LogP contribution in [-0.4, -0.2) is 26.9 Å². The van der Waals surface area contributed by atoms with Gasteiger partial charge in [0, 0.05) is 18.4 Å². The fourth-order valence-electron chi connectivity index (χ4n) is 1.83. The van der Waals surface area contributed by atoms with Crippen LogP contribution in [0.1, 0.15) is 17.3 Å². The number of carboxylic acids is 1. The summed E-state index contributed by atoms with van der Waals surface area (Å²) in [7, 11) is 0. The molecule has 0 amide bonds. The lowest BCUT2D eigenvalue weighted by Crippen LogP contribution is -2.23. The zero-order valence-electron chi connectivity index (χ0n) is 10.7. The lowest BCUT2D eigenvalue weighted by molar-refractivity contribution is 0.0690. The molecule has 1 unspecified atom stereocenters. The van der Waals surface area contributed by atoms with Crippen LogP contribution < -0.4 is 5.32 Å². The monoisotopic (exact) mass is 281 g/mol. The van der Waals surface area contributed by atoms with E-state index >= 15 is 0 Å². The van der Waals surface area contributed by atoms with Gasteiger partial charge in [-0.25, -0.2) is 13.6 Å². The summed E-state index contributed by atoms with van der Waals surface area (Å²) < 4.78 is 28.9. The highest BCUT2D eigenvalue weighted by atomic mass is 19.2. The lowest BCUT2D eigenvalue weighted by Gasteiger charge is -2.16. The number of nitrogens with one attached hydrogen (secondary N) is 1. The van der Waals surface area contributed by atoms with Crippen LogP contribution in [0, 0.1) is 11.6 Å². The number of benzene rings is 1. The van der Waals surface area contributed by atoms with Crippen molar-refractivity contribution >= 4 is 11.7 Å². The first-order valence-electron chi connectivity index (χ1n) is 5.94. The Balaban J connectivity index is 2.13. The maximum Gasteiger partial charge on any atom is 0.338 e. The van der Waals surface area contributed by atoms with Gasteiger partial charge in [-0.1, -0.05) is 0 Å². The van der Waals surface area contributed by atoms with E-state index in [4.69, 9.17) is 5.11 Å². The van der Waals surface area contributed by atoms with Crippen molar-refractivity contribution in [3.8, 4) is 0 Å². The van der Waals surface area contributed by atoms with Crippen molar-refractivity contribution in [2.75, 3.05) is 5.32 Å². The molecule has 0 saturated carbocycles. The molecule has 0 aliphatic heterocycles. The van der Waals surface area contributed by atoms with Crippen LogP contribution in [0.2, 0.25) is 0 Å². The molecule has 0 aliphatic rings. The highest BCUT2D eigenvalue weighted by Crippen LogP contribution is 2.21. The van der Waals surface area contributed by atoms with E-state index in [0.717, 1.165) is 6.07 Å². The molecule has 106 valence electrons. The molecule has 1 atom stereocenters. The Bertz CT molecular complexity index is 614. The first kappa shape index (κ1) is 14.0. The number of nitrogens with zero attached hydrogens (tertiary/aromatic N) is 2. The number of rotatable bonds is 5. The summed E-state index contributed by atoms with van der Waals surface area (Å²) in [5.41, 5.74) is -0.764. The standard InChI is InChI=1S/C13H13F2N3O2/c1-8(7-18-6-2-5-16-18)17-10-4-3-9(13(19)20)11(14)12(10)15/h2-6,8,17H,7H2,1H3,(H,19,20). The number of carboxylic acid groups (broad SMARTS) is 1. The second kappa shape index (κ2) is 5.68. The highest BCUT2D eigenvalue weighted by molar-refractivity contribution is 5.88. The van der Waals surface area contributed by atoms with Crippen LogP contribution in [0.4, 0.5) is 14.5 Å². The maximum atomic E-state index is 13.7. The Morgan fingerprint density at radius 1 is 1.45 bits per heavy atom. The topological polar surface area (TPSA) is 67.2 Å². The summed E-state index contributed by atoms with van der Waals surface area (Å²) in [5, 5.41) is 15.5. The molecule has 2 aromatic rings. The Hall–Kier alpha value is -2.44. The summed E-state index contributed by atoms with van der Waals surface area (Å²) in [4.78, 5) is 10.7.